The molecule has 6 heteroatoms. The van der Waals surface area contributed by atoms with Crippen molar-refractivity contribution < 1.29 is 9.53 Å². The highest BCUT2D eigenvalue weighted by molar-refractivity contribution is 7.73. The molecule has 0 bridgehead atoms. The molecule has 1 spiro atoms. The highest BCUT2D eigenvalue weighted by atomic mass is 32.1. The van der Waals surface area contributed by atoms with Crippen LogP contribution in [0.1, 0.15) is 42.7 Å². The zero-order valence-corrected chi connectivity index (χ0v) is 14.4. The van der Waals surface area contributed by atoms with E-state index in [1.54, 1.807) is 0 Å². The van der Waals surface area contributed by atoms with Crippen molar-refractivity contribution in [3.05, 3.63) is 14.5 Å². The monoisotopic (exact) mass is 338 g/mol. The van der Waals surface area contributed by atoms with E-state index in [-0.39, 0.29) is 11.3 Å². The van der Waals surface area contributed by atoms with Gasteiger partial charge in [0.15, 0.2) is 3.95 Å². The third kappa shape index (κ3) is 2.19. The smallest absolute Gasteiger partial charge is 0.225 e. The molecule has 0 radical (unpaired) electrons. The summed E-state index contributed by atoms with van der Waals surface area (Å²) in [7, 11) is 0. The highest BCUT2D eigenvalue weighted by Gasteiger charge is 2.65. The number of amides is 1. The largest absolute Gasteiger partial charge is 0.377 e. The molecular weight excluding hydrogens is 316 g/mol. The molecule has 4 rings (SSSR count). The summed E-state index contributed by atoms with van der Waals surface area (Å²) in [4.78, 5) is 16.7. The summed E-state index contributed by atoms with van der Waals surface area (Å²) in [6.45, 7) is 2.85. The van der Waals surface area contributed by atoms with E-state index in [0.29, 0.717) is 24.5 Å². The van der Waals surface area contributed by atoms with Crippen LogP contribution in [-0.4, -0.2) is 29.6 Å². The Morgan fingerprint density at radius 3 is 2.95 bits per heavy atom. The molecule has 3 aliphatic rings. The quantitative estimate of drug-likeness (QED) is 0.833. The van der Waals surface area contributed by atoms with Gasteiger partial charge in [-0.2, -0.15) is 0 Å². The molecule has 1 amide bonds. The number of nitrogens with one attached hydrogen (secondary N) is 2. The SMILES string of the molecule is Cc1[nH]c(=S)sc1CC(=O)NC1C2CCOC2C12CCCC2. The maximum Gasteiger partial charge on any atom is 0.225 e. The van der Waals surface area contributed by atoms with Crippen LogP contribution in [0.3, 0.4) is 0 Å². The average Bonchev–Trinajstić information content (AvgIpc) is 3.16. The van der Waals surface area contributed by atoms with Crippen LogP contribution in [0.2, 0.25) is 0 Å². The third-order valence-electron chi connectivity index (χ3n) is 5.85. The van der Waals surface area contributed by atoms with E-state index in [9.17, 15) is 4.79 Å². The van der Waals surface area contributed by atoms with Crippen LogP contribution in [0.15, 0.2) is 0 Å². The average molecular weight is 338 g/mol. The van der Waals surface area contributed by atoms with Crippen molar-refractivity contribution in [2.45, 2.75) is 57.6 Å². The Kier molecular flexibility index (Phi) is 3.66. The summed E-state index contributed by atoms with van der Waals surface area (Å²) in [5, 5.41) is 3.35. The Hall–Kier alpha value is -0.720. The number of rotatable bonds is 3. The van der Waals surface area contributed by atoms with E-state index >= 15 is 0 Å². The van der Waals surface area contributed by atoms with Crippen molar-refractivity contribution in [2.75, 3.05) is 6.61 Å². The third-order valence-corrected chi connectivity index (χ3v) is 7.18. The fraction of sp³-hybridized carbons (Fsp3) is 0.750. The predicted octanol–water partition coefficient (Wildman–Crippen LogP) is 3.12. The van der Waals surface area contributed by atoms with Crippen molar-refractivity contribution in [3.63, 3.8) is 0 Å². The lowest BCUT2D eigenvalue weighted by Gasteiger charge is -2.56. The lowest BCUT2D eigenvalue weighted by molar-refractivity contribution is -0.145. The van der Waals surface area contributed by atoms with E-state index in [0.717, 1.165) is 27.6 Å². The van der Waals surface area contributed by atoms with E-state index in [2.05, 4.69) is 10.3 Å². The zero-order valence-electron chi connectivity index (χ0n) is 12.8. The van der Waals surface area contributed by atoms with Gasteiger partial charge in [0.1, 0.15) is 0 Å². The molecule has 3 atom stereocenters. The first-order valence-corrected chi connectivity index (χ1v) is 9.42. The van der Waals surface area contributed by atoms with Crippen LogP contribution < -0.4 is 5.32 Å². The normalized spacial score (nSPS) is 32.0. The number of hydrogen-bond donors (Lipinski definition) is 2. The topological polar surface area (TPSA) is 54.1 Å². The van der Waals surface area contributed by atoms with Gasteiger partial charge < -0.3 is 15.0 Å². The van der Waals surface area contributed by atoms with Crippen molar-refractivity contribution >= 4 is 29.5 Å². The van der Waals surface area contributed by atoms with Gasteiger partial charge in [0.05, 0.1) is 12.5 Å². The number of thiazole rings is 1. The zero-order chi connectivity index (χ0) is 15.3. The van der Waals surface area contributed by atoms with Crippen LogP contribution in [0, 0.1) is 22.2 Å². The van der Waals surface area contributed by atoms with Gasteiger partial charge in [-0.3, -0.25) is 4.79 Å². The van der Waals surface area contributed by atoms with Gasteiger partial charge in [-0.15, -0.1) is 11.3 Å². The van der Waals surface area contributed by atoms with Crippen LogP contribution >= 0.6 is 23.6 Å². The molecule has 2 aliphatic carbocycles. The number of ether oxygens (including phenoxy) is 1. The van der Waals surface area contributed by atoms with Gasteiger partial charge >= 0.3 is 0 Å². The first-order chi connectivity index (χ1) is 10.6. The fourth-order valence-electron chi connectivity index (χ4n) is 4.88. The lowest BCUT2D eigenvalue weighted by Crippen LogP contribution is -2.68. The van der Waals surface area contributed by atoms with Crippen molar-refractivity contribution in [3.8, 4) is 0 Å². The Bertz CT molecular complexity index is 645. The van der Waals surface area contributed by atoms with E-state index in [1.165, 1.54) is 37.0 Å². The van der Waals surface area contributed by atoms with Crippen molar-refractivity contribution in [1.82, 2.24) is 10.3 Å². The molecule has 2 heterocycles. The Labute approximate surface area is 139 Å². The standard InChI is InChI=1S/C16H22N2O2S2/c1-9-11(22-15(21)17-9)8-12(19)18-13-10-4-7-20-14(10)16(13)5-2-3-6-16/h10,13-14H,2-8H2,1H3,(H,17,21)(H,18,19). The maximum absolute atomic E-state index is 12.5. The number of carbonyl (C=O) groups is 1. The second-order valence-electron chi connectivity index (χ2n) is 6.97. The molecule has 0 aromatic carbocycles. The van der Waals surface area contributed by atoms with Crippen LogP contribution in [-0.2, 0) is 16.0 Å². The molecule has 2 saturated carbocycles. The molecule has 2 N–H and O–H groups in total. The van der Waals surface area contributed by atoms with E-state index < -0.39 is 0 Å². The first-order valence-electron chi connectivity index (χ1n) is 8.20. The number of carbonyl (C=O) groups excluding carboxylic acids is 1. The summed E-state index contributed by atoms with van der Waals surface area (Å²) in [6, 6.07) is 0.321. The number of aromatic amines is 1. The van der Waals surface area contributed by atoms with Crippen molar-refractivity contribution in [1.29, 1.82) is 0 Å². The Balaban J connectivity index is 1.47. The molecule has 3 fully saturated rings. The molecule has 3 unspecified atom stereocenters. The van der Waals surface area contributed by atoms with Crippen molar-refractivity contribution in [2.24, 2.45) is 11.3 Å². The maximum atomic E-state index is 12.5. The summed E-state index contributed by atoms with van der Waals surface area (Å²) < 4.78 is 6.72. The van der Waals surface area contributed by atoms with Gasteiger partial charge in [-0.1, -0.05) is 12.8 Å². The molecule has 1 aliphatic heterocycles. The molecule has 1 aromatic rings. The van der Waals surface area contributed by atoms with Gasteiger partial charge in [-0.05, 0) is 38.4 Å². The van der Waals surface area contributed by atoms with Crippen LogP contribution in [0.4, 0.5) is 0 Å². The highest BCUT2D eigenvalue weighted by Crippen LogP contribution is 2.60. The minimum absolute atomic E-state index is 0.134. The van der Waals surface area contributed by atoms with Gasteiger partial charge in [0.2, 0.25) is 5.91 Å². The summed E-state index contributed by atoms with van der Waals surface area (Å²) in [5.74, 6) is 0.669. The van der Waals surface area contributed by atoms with E-state index in [4.69, 9.17) is 17.0 Å². The molecular formula is C16H22N2O2S2. The molecule has 4 nitrogen and oxygen atoms in total. The predicted molar refractivity (Wildman–Crippen MR) is 88.6 cm³/mol. The van der Waals surface area contributed by atoms with Crippen LogP contribution in [0.25, 0.3) is 0 Å². The van der Waals surface area contributed by atoms with E-state index in [1.807, 2.05) is 6.92 Å². The fourth-order valence-corrected chi connectivity index (χ4v) is 6.17. The lowest BCUT2D eigenvalue weighted by atomic mass is 9.54. The second-order valence-corrected chi connectivity index (χ2v) is 8.74. The number of H-pyrrole nitrogens is 1. The minimum atomic E-state index is 0.134. The Morgan fingerprint density at radius 1 is 1.50 bits per heavy atom. The summed E-state index contributed by atoms with van der Waals surface area (Å²) in [6.07, 6.45) is 6.90. The summed E-state index contributed by atoms with van der Waals surface area (Å²) >= 11 is 6.67. The number of aryl methyl sites for hydroxylation is 1. The summed E-state index contributed by atoms with van der Waals surface area (Å²) in [5.41, 5.74) is 1.26. The van der Waals surface area contributed by atoms with Crippen LogP contribution in [0.5, 0.6) is 0 Å². The first kappa shape index (κ1) is 14.8. The number of hydrogen-bond acceptors (Lipinski definition) is 4. The molecule has 1 aromatic heterocycles. The molecule has 22 heavy (non-hydrogen) atoms. The second kappa shape index (κ2) is 5.42. The van der Waals surface area contributed by atoms with Gasteiger partial charge in [0, 0.05) is 34.6 Å². The minimum Gasteiger partial charge on any atom is -0.377 e. The van der Waals surface area contributed by atoms with Gasteiger partial charge in [-0.25, -0.2) is 0 Å². The number of fused-ring (bicyclic) bond motifs is 2. The molecule has 1 saturated heterocycles. The Morgan fingerprint density at radius 2 is 2.27 bits per heavy atom. The van der Waals surface area contributed by atoms with Gasteiger partial charge in [0.25, 0.3) is 0 Å². The number of aromatic nitrogens is 1. The molecule has 120 valence electrons.